The fourth-order valence-corrected chi connectivity index (χ4v) is 6.45. The van der Waals surface area contributed by atoms with E-state index in [9.17, 15) is 27.6 Å². The minimum Gasteiger partial charge on any atom is -0.402 e. The Labute approximate surface area is 292 Å². The molecule has 250 valence electrons. The third-order valence-corrected chi connectivity index (χ3v) is 8.96. The van der Waals surface area contributed by atoms with E-state index in [0.29, 0.717) is 33.4 Å². The van der Waals surface area contributed by atoms with Crippen molar-refractivity contribution in [3.8, 4) is 44.5 Å². The molecule has 8 heteroatoms. The lowest BCUT2D eigenvalue weighted by molar-refractivity contribution is 0.0816. The van der Waals surface area contributed by atoms with Crippen molar-refractivity contribution in [3.05, 3.63) is 204 Å². The van der Waals surface area contributed by atoms with E-state index >= 15 is 0 Å². The van der Waals surface area contributed by atoms with Gasteiger partial charge in [0, 0.05) is 0 Å². The Morgan fingerprint density at radius 1 is 0.353 bits per heavy atom. The number of rotatable bonds is 9. The summed E-state index contributed by atoms with van der Waals surface area (Å²) in [5.74, 6) is -1.52. The van der Waals surface area contributed by atoms with Crippen LogP contribution in [0.2, 0.25) is 0 Å². The minimum atomic E-state index is -2.23. The molecule has 0 atom stereocenters. The van der Waals surface area contributed by atoms with Crippen molar-refractivity contribution >= 4 is 7.32 Å². The SMILES string of the molecule is OB(O)OC(c1ccc(-c2ccc(F)cc2)cc1)(c1ccc(-c2ccc(F)cc2)cc1)c1ccc(-c2ccc(F)cc2)c(-c2ccc(F)cc2)c1. The van der Waals surface area contributed by atoms with Crippen LogP contribution in [0.25, 0.3) is 44.5 Å². The number of halogens is 4. The van der Waals surface area contributed by atoms with Gasteiger partial charge in [0.15, 0.2) is 0 Å². The average Bonchev–Trinajstić information content (AvgIpc) is 3.15. The third-order valence-electron chi connectivity index (χ3n) is 8.96. The zero-order chi connectivity index (χ0) is 35.5. The molecule has 0 spiro atoms. The molecule has 7 aromatic carbocycles. The van der Waals surface area contributed by atoms with Crippen LogP contribution in [0.4, 0.5) is 17.6 Å². The Morgan fingerprint density at radius 2 is 0.647 bits per heavy atom. The van der Waals surface area contributed by atoms with E-state index in [1.165, 1.54) is 48.5 Å². The van der Waals surface area contributed by atoms with Crippen molar-refractivity contribution in [3.63, 3.8) is 0 Å². The summed E-state index contributed by atoms with van der Waals surface area (Å²) in [5.41, 5.74) is 5.85. The summed E-state index contributed by atoms with van der Waals surface area (Å²) < 4.78 is 61.6. The summed E-state index contributed by atoms with van der Waals surface area (Å²) in [5, 5.41) is 21.1. The van der Waals surface area contributed by atoms with E-state index in [1.807, 2.05) is 36.4 Å². The first-order valence-corrected chi connectivity index (χ1v) is 16.1. The second-order valence-corrected chi connectivity index (χ2v) is 12.1. The quantitative estimate of drug-likeness (QED) is 0.0907. The highest BCUT2D eigenvalue weighted by molar-refractivity contribution is 6.33. The first-order valence-electron chi connectivity index (χ1n) is 16.1. The molecule has 7 rings (SSSR count). The van der Waals surface area contributed by atoms with Crippen molar-refractivity contribution in [2.24, 2.45) is 0 Å². The van der Waals surface area contributed by atoms with Gasteiger partial charge < -0.3 is 14.7 Å². The highest BCUT2D eigenvalue weighted by Crippen LogP contribution is 2.45. The lowest BCUT2D eigenvalue weighted by Gasteiger charge is -2.37. The summed E-state index contributed by atoms with van der Waals surface area (Å²) >= 11 is 0. The average molecular weight is 681 g/mol. The van der Waals surface area contributed by atoms with E-state index in [4.69, 9.17) is 4.65 Å². The van der Waals surface area contributed by atoms with Crippen molar-refractivity contribution in [1.82, 2.24) is 0 Å². The van der Waals surface area contributed by atoms with E-state index in [2.05, 4.69) is 0 Å². The fourth-order valence-electron chi connectivity index (χ4n) is 6.45. The van der Waals surface area contributed by atoms with Gasteiger partial charge in [0.05, 0.1) is 0 Å². The molecular formula is C43H29BF4O3. The van der Waals surface area contributed by atoms with Gasteiger partial charge in [-0.1, -0.05) is 109 Å². The molecule has 0 radical (unpaired) electrons. The molecule has 51 heavy (non-hydrogen) atoms. The Morgan fingerprint density at radius 3 is 1.00 bits per heavy atom. The monoisotopic (exact) mass is 680 g/mol. The first kappa shape index (κ1) is 33.7. The summed E-state index contributed by atoms with van der Waals surface area (Å²) in [6, 6.07) is 44.2. The molecule has 0 aliphatic carbocycles. The summed E-state index contributed by atoms with van der Waals surface area (Å²) in [6.07, 6.45) is 0. The van der Waals surface area contributed by atoms with Crippen molar-refractivity contribution in [2.45, 2.75) is 5.60 Å². The van der Waals surface area contributed by atoms with Crippen LogP contribution >= 0.6 is 0 Å². The lowest BCUT2D eigenvalue weighted by atomic mass is 9.76. The Kier molecular flexibility index (Phi) is 9.39. The van der Waals surface area contributed by atoms with E-state index in [0.717, 1.165) is 27.8 Å². The summed E-state index contributed by atoms with van der Waals surface area (Å²) in [7, 11) is -2.23. The van der Waals surface area contributed by atoms with Gasteiger partial charge >= 0.3 is 7.32 Å². The van der Waals surface area contributed by atoms with Crippen LogP contribution in [-0.4, -0.2) is 17.4 Å². The lowest BCUT2D eigenvalue weighted by Crippen LogP contribution is -2.39. The fraction of sp³-hybridized carbons (Fsp3) is 0.0233. The second kappa shape index (κ2) is 14.2. The van der Waals surface area contributed by atoms with E-state index in [-0.39, 0.29) is 11.6 Å². The van der Waals surface area contributed by atoms with Gasteiger partial charge in [-0.15, -0.1) is 0 Å². The van der Waals surface area contributed by atoms with Gasteiger partial charge in [-0.3, -0.25) is 0 Å². The third kappa shape index (κ3) is 6.98. The molecule has 0 heterocycles. The molecule has 0 aromatic heterocycles. The van der Waals surface area contributed by atoms with Gasteiger partial charge in [-0.2, -0.15) is 0 Å². The molecule has 2 N–H and O–H groups in total. The molecule has 0 amide bonds. The van der Waals surface area contributed by atoms with Gasteiger partial charge in [0.2, 0.25) is 0 Å². The molecule has 0 saturated carbocycles. The summed E-state index contributed by atoms with van der Waals surface area (Å²) in [6.45, 7) is 0. The normalized spacial score (nSPS) is 11.4. The van der Waals surface area contributed by atoms with Crippen LogP contribution in [0.5, 0.6) is 0 Å². The van der Waals surface area contributed by atoms with E-state index in [1.54, 1.807) is 78.9 Å². The molecule has 0 aliphatic heterocycles. The summed E-state index contributed by atoms with van der Waals surface area (Å²) in [4.78, 5) is 0. The number of benzene rings is 7. The molecule has 0 saturated heterocycles. The predicted octanol–water partition coefficient (Wildman–Crippen LogP) is 10.2. The molecule has 0 aliphatic rings. The van der Waals surface area contributed by atoms with Crippen LogP contribution in [0.1, 0.15) is 16.7 Å². The largest absolute Gasteiger partial charge is 0.635 e. The maximum Gasteiger partial charge on any atom is 0.635 e. The number of hydrogen-bond acceptors (Lipinski definition) is 3. The Hall–Kier alpha value is -5.80. The Bertz CT molecular complexity index is 2170. The topological polar surface area (TPSA) is 49.7 Å². The van der Waals surface area contributed by atoms with Crippen molar-refractivity contribution < 1.29 is 32.3 Å². The van der Waals surface area contributed by atoms with Gasteiger partial charge in [0.25, 0.3) is 0 Å². The molecule has 0 bridgehead atoms. The molecule has 3 nitrogen and oxygen atoms in total. The number of hydrogen-bond donors (Lipinski definition) is 2. The van der Waals surface area contributed by atoms with Crippen LogP contribution in [0, 0.1) is 23.3 Å². The van der Waals surface area contributed by atoms with Gasteiger partial charge in [-0.05, 0) is 116 Å². The van der Waals surface area contributed by atoms with Crippen LogP contribution in [-0.2, 0) is 10.3 Å². The molecule has 0 fully saturated rings. The van der Waals surface area contributed by atoms with Gasteiger partial charge in [0.1, 0.15) is 28.9 Å². The zero-order valence-electron chi connectivity index (χ0n) is 27.0. The molecule has 7 aromatic rings. The highest BCUT2D eigenvalue weighted by atomic mass is 19.1. The maximum atomic E-state index is 14.1. The standard InChI is InChI=1S/C43H29BF4O3/c45-37-18-5-30(6-19-37)28-1-13-34(14-2-28)43(51-44(49)50,35-15-3-29(4-16-35)31-7-20-38(46)21-8-31)36-17-26-41(32-9-22-39(47)23-10-32)42(27-36)33-11-24-40(48)25-12-33/h1-27,49-50H. The smallest absolute Gasteiger partial charge is 0.402 e. The highest BCUT2D eigenvalue weighted by Gasteiger charge is 2.41. The predicted molar refractivity (Wildman–Crippen MR) is 192 cm³/mol. The Balaban J connectivity index is 1.46. The maximum absolute atomic E-state index is 14.1. The first-order chi connectivity index (χ1) is 24.7. The van der Waals surface area contributed by atoms with Crippen LogP contribution in [0.3, 0.4) is 0 Å². The zero-order valence-corrected chi connectivity index (χ0v) is 27.0. The van der Waals surface area contributed by atoms with Gasteiger partial charge in [-0.25, -0.2) is 17.6 Å². The molecular weight excluding hydrogens is 651 g/mol. The second-order valence-electron chi connectivity index (χ2n) is 12.1. The van der Waals surface area contributed by atoms with Crippen LogP contribution < -0.4 is 0 Å². The van der Waals surface area contributed by atoms with Crippen molar-refractivity contribution in [1.29, 1.82) is 0 Å². The van der Waals surface area contributed by atoms with E-state index < -0.39 is 24.6 Å². The minimum absolute atomic E-state index is 0.357. The molecule has 0 unspecified atom stereocenters. The van der Waals surface area contributed by atoms with Crippen molar-refractivity contribution in [2.75, 3.05) is 0 Å². The van der Waals surface area contributed by atoms with Crippen LogP contribution in [0.15, 0.2) is 164 Å².